The monoisotopic (exact) mass is 215 g/mol. The molecule has 0 radical (unpaired) electrons. The first-order valence-corrected chi connectivity index (χ1v) is 5.76. The molecule has 0 amide bonds. The molecule has 0 saturated heterocycles. The zero-order valence-corrected chi connectivity index (χ0v) is 9.61. The number of rotatable bonds is 5. The van der Waals surface area contributed by atoms with E-state index in [4.69, 9.17) is 5.26 Å². The molecule has 0 aromatic carbocycles. The van der Waals surface area contributed by atoms with Gasteiger partial charge in [0.2, 0.25) is 0 Å². The van der Waals surface area contributed by atoms with E-state index in [-0.39, 0.29) is 5.41 Å². The third-order valence-corrected chi connectivity index (χ3v) is 3.40. The molecule has 84 valence electrons. The van der Waals surface area contributed by atoms with Crippen molar-refractivity contribution >= 4 is 0 Å². The van der Waals surface area contributed by atoms with Gasteiger partial charge in [0, 0.05) is 31.4 Å². The smallest absolute Gasteiger partial charge is 0.0628 e. The highest BCUT2D eigenvalue weighted by Gasteiger charge is 2.42. The first-order valence-electron chi connectivity index (χ1n) is 5.76. The van der Waals surface area contributed by atoms with Crippen LogP contribution in [-0.2, 0) is 0 Å². The summed E-state index contributed by atoms with van der Waals surface area (Å²) in [6, 6.07) is 6.68. The average molecular weight is 215 g/mol. The maximum absolute atomic E-state index is 8.74. The fourth-order valence-electron chi connectivity index (χ4n) is 1.90. The van der Waals surface area contributed by atoms with E-state index >= 15 is 0 Å². The normalized spacial score (nSPS) is 18.8. The van der Waals surface area contributed by atoms with Gasteiger partial charge in [0.05, 0.1) is 6.07 Å². The number of hydrogen-bond acceptors (Lipinski definition) is 3. The molecule has 1 aliphatic rings. The van der Waals surface area contributed by atoms with Crippen LogP contribution in [0.3, 0.4) is 0 Å². The van der Waals surface area contributed by atoms with Gasteiger partial charge in [0.15, 0.2) is 0 Å². The van der Waals surface area contributed by atoms with Gasteiger partial charge in [-0.15, -0.1) is 0 Å². The molecule has 1 N–H and O–H groups in total. The summed E-state index contributed by atoms with van der Waals surface area (Å²) in [5, 5.41) is 12.2. The zero-order valence-electron chi connectivity index (χ0n) is 9.61. The Balaban J connectivity index is 1.85. The van der Waals surface area contributed by atoms with Crippen molar-refractivity contribution in [3.05, 3.63) is 30.1 Å². The summed E-state index contributed by atoms with van der Waals surface area (Å²) in [7, 11) is 0. The minimum atomic E-state index is 0.274. The van der Waals surface area contributed by atoms with Crippen LogP contribution in [0.4, 0.5) is 0 Å². The molecule has 0 spiro atoms. The molecule has 1 aliphatic carbocycles. The van der Waals surface area contributed by atoms with E-state index in [9.17, 15) is 0 Å². The van der Waals surface area contributed by atoms with E-state index in [0.29, 0.717) is 12.5 Å². The second-order valence-corrected chi connectivity index (χ2v) is 4.72. The van der Waals surface area contributed by atoms with Gasteiger partial charge in [-0.25, -0.2) is 0 Å². The zero-order chi connectivity index (χ0) is 11.4. The summed E-state index contributed by atoms with van der Waals surface area (Å²) >= 11 is 0. The number of nitrogens with one attached hydrogen (secondary N) is 1. The molecule has 1 atom stereocenters. The number of hydrogen-bond donors (Lipinski definition) is 1. The summed E-state index contributed by atoms with van der Waals surface area (Å²) in [6.07, 6.45) is 6.70. The lowest BCUT2D eigenvalue weighted by atomic mass is 10.0. The van der Waals surface area contributed by atoms with E-state index in [0.717, 1.165) is 6.54 Å². The Labute approximate surface area is 96.5 Å². The van der Waals surface area contributed by atoms with Gasteiger partial charge < -0.3 is 5.32 Å². The minimum absolute atomic E-state index is 0.274. The number of aromatic nitrogens is 1. The van der Waals surface area contributed by atoms with Crippen molar-refractivity contribution < 1.29 is 0 Å². The molecule has 1 unspecified atom stereocenters. The number of pyridine rings is 1. The molecule has 0 bridgehead atoms. The standard InChI is InChI=1S/C13H17N3/c1-11(12-2-8-15-9-3-12)16-10-13(4-5-13)6-7-14/h2-3,8-9,11,16H,4-6,10H2,1H3. The predicted octanol–water partition coefficient (Wildman–Crippen LogP) is 2.43. The summed E-state index contributed by atoms with van der Waals surface area (Å²) in [5.74, 6) is 0. The highest BCUT2D eigenvalue weighted by Crippen LogP contribution is 2.48. The lowest BCUT2D eigenvalue weighted by Crippen LogP contribution is -2.26. The van der Waals surface area contributed by atoms with Crippen LogP contribution in [-0.4, -0.2) is 11.5 Å². The van der Waals surface area contributed by atoms with Crippen molar-refractivity contribution in [1.82, 2.24) is 10.3 Å². The topological polar surface area (TPSA) is 48.7 Å². The van der Waals surface area contributed by atoms with Crippen LogP contribution in [0.5, 0.6) is 0 Å². The Kier molecular flexibility index (Phi) is 3.21. The first kappa shape index (κ1) is 11.1. The fraction of sp³-hybridized carbons (Fsp3) is 0.538. The van der Waals surface area contributed by atoms with Gasteiger partial charge >= 0.3 is 0 Å². The maximum atomic E-state index is 8.74. The highest BCUT2D eigenvalue weighted by molar-refractivity contribution is 5.14. The van der Waals surface area contributed by atoms with Crippen molar-refractivity contribution in [3.8, 4) is 6.07 Å². The van der Waals surface area contributed by atoms with Crippen LogP contribution in [0, 0.1) is 16.7 Å². The Morgan fingerprint density at radius 3 is 2.75 bits per heavy atom. The predicted molar refractivity (Wildman–Crippen MR) is 62.6 cm³/mol. The summed E-state index contributed by atoms with van der Waals surface area (Å²) in [5.41, 5.74) is 1.53. The van der Waals surface area contributed by atoms with Gasteiger partial charge in [-0.1, -0.05) is 0 Å². The van der Waals surface area contributed by atoms with Crippen molar-refractivity contribution in [3.63, 3.8) is 0 Å². The molecule has 3 heteroatoms. The van der Waals surface area contributed by atoms with Crippen molar-refractivity contribution in [1.29, 1.82) is 5.26 Å². The summed E-state index contributed by atoms with van der Waals surface area (Å²) < 4.78 is 0. The molecule has 16 heavy (non-hydrogen) atoms. The van der Waals surface area contributed by atoms with Crippen LogP contribution < -0.4 is 5.32 Å². The van der Waals surface area contributed by atoms with Crippen molar-refractivity contribution in [2.24, 2.45) is 5.41 Å². The summed E-state index contributed by atoms with van der Waals surface area (Å²) in [6.45, 7) is 3.10. The van der Waals surface area contributed by atoms with Gasteiger partial charge in [-0.2, -0.15) is 5.26 Å². The highest BCUT2D eigenvalue weighted by atomic mass is 14.9. The molecule has 1 aromatic rings. The van der Waals surface area contributed by atoms with Gasteiger partial charge in [0.1, 0.15) is 0 Å². The van der Waals surface area contributed by atoms with E-state index < -0.39 is 0 Å². The lowest BCUT2D eigenvalue weighted by Gasteiger charge is -2.18. The first-order chi connectivity index (χ1) is 7.76. The molecule has 1 aromatic heterocycles. The van der Waals surface area contributed by atoms with Gasteiger partial charge in [0.25, 0.3) is 0 Å². The maximum Gasteiger partial charge on any atom is 0.0628 e. The molecular formula is C13H17N3. The molecule has 2 rings (SSSR count). The van der Waals surface area contributed by atoms with Crippen LogP contribution >= 0.6 is 0 Å². The molecular weight excluding hydrogens is 198 g/mol. The Morgan fingerprint density at radius 1 is 1.50 bits per heavy atom. The van der Waals surface area contributed by atoms with Crippen LogP contribution in [0.1, 0.15) is 37.8 Å². The van der Waals surface area contributed by atoms with Crippen LogP contribution in [0.15, 0.2) is 24.5 Å². The molecule has 0 aliphatic heterocycles. The second kappa shape index (κ2) is 4.63. The molecule has 1 heterocycles. The largest absolute Gasteiger partial charge is 0.310 e. The van der Waals surface area contributed by atoms with Crippen LogP contribution in [0.2, 0.25) is 0 Å². The second-order valence-electron chi connectivity index (χ2n) is 4.72. The Bertz CT molecular complexity index is 376. The third kappa shape index (κ3) is 2.59. The minimum Gasteiger partial charge on any atom is -0.310 e. The Hall–Kier alpha value is -1.40. The Morgan fingerprint density at radius 2 is 2.19 bits per heavy atom. The lowest BCUT2D eigenvalue weighted by molar-refractivity contribution is 0.433. The van der Waals surface area contributed by atoms with E-state index in [1.54, 1.807) is 0 Å². The number of nitrogens with zero attached hydrogens (tertiary/aromatic N) is 2. The fourth-order valence-corrected chi connectivity index (χ4v) is 1.90. The molecule has 1 fully saturated rings. The van der Waals surface area contributed by atoms with Crippen LogP contribution in [0.25, 0.3) is 0 Å². The van der Waals surface area contributed by atoms with E-state index in [1.807, 2.05) is 24.5 Å². The summed E-state index contributed by atoms with van der Waals surface area (Å²) in [4.78, 5) is 4.01. The van der Waals surface area contributed by atoms with E-state index in [1.165, 1.54) is 18.4 Å². The van der Waals surface area contributed by atoms with Crippen molar-refractivity contribution in [2.45, 2.75) is 32.2 Å². The van der Waals surface area contributed by atoms with Crippen molar-refractivity contribution in [2.75, 3.05) is 6.54 Å². The third-order valence-electron chi connectivity index (χ3n) is 3.40. The van der Waals surface area contributed by atoms with Gasteiger partial charge in [-0.3, -0.25) is 4.98 Å². The average Bonchev–Trinajstić information content (AvgIpc) is 3.08. The quantitative estimate of drug-likeness (QED) is 0.820. The number of nitriles is 1. The SMILES string of the molecule is CC(NCC1(CC#N)CC1)c1ccncc1. The molecule has 3 nitrogen and oxygen atoms in total. The van der Waals surface area contributed by atoms with E-state index in [2.05, 4.69) is 23.3 Å². The molecule has 1 saturated carbocycles. The van der Waals surface area contributed by atoms with Gasteiger partial charge in [-0.05, 0) is 42.9 Å².